The number of hydrogen-bond acceptors (Lipinski definition) is 2. The van der Waals surface area contributed by atoms with Crippen LogP contribution in [0.5, 0.6) is 5.75 Å². The number of rotatable bonds is 4. The van der Waals surface area contributed by atoms with Gasteiger partial charge >= 0.3 is 0 Å². The topological polar surface area (TPSA) is 24.8 Å². The first-order valence-corrected chi connectivity index (χ1v) is 9.35. The Morgan fingerprint density at radius 2 is 1.62 bits per heavy atom. The number of benzene rings is 3. The zero-order valence-corrected chi connectivity index (χ0v) is 16.1. The summed E-state index contributed by atoms with van der Waals surface area (Å²) >= 11 is 3.52. The summed E-state index contributed by atoms with van der Waals surface area (Å²) in [4.78, 5) is 7.16. The maximum Gasteiger partial charge on any atom is 0.119 e. The number of anilines is 1. The monoisotopic (exact) mass is 406 g/mol. The summed E-state index contributed by atoms with van der Waals surface area (Å²) in [5, 5.41) is 0. The molecule has 130 valence electrons. The first kappa shape index (κ1) is 16.9. The van der Waals surface area contributed by atoms with Gasteiger partial charge in [0.2, 0.25) is 0 Å². The van der Waals surface area contributed by atoms with E-state index < -0.39 is 0 Å². The summed E-state index contributed by atoms with van der Waals surface area (Å²) in [6, 6.07) is 27.1. The van der Waals surface area contributed by atoms with Crippen molar-refractivity contribution in [1.82, 2.24) is 0 Å². The maximum atomic E-state index is 5.29. The minimum Gasteiger partial charge on any atom is -0.497 e. The number of para-hydroxylation sites is 1. The largest absolute Gasteiger partial charge is 0.497 e. The molecule has 0 amide bonds. The second kappa shape index (κ2) is 7.34. The van der Waals surface area contributed by atoms with E-state index in [2.05, 4.69) is 57.2 Å². The fourth-order valence-corrected chi connectivity index (χ4v) is 3.47. The number of halogens is 1. The van der Waals surface area contributed by atoms with Gasteiger partial charge in [-0.1, -0.05) is 46.3 Å². The molecular weight excluding hydrogens is 388 g/mol. The fraction of sp³-hybridized carbons (Fsp3) is 0.136. The first-order valence-electron chi connectivity index (χ1n) is 8.56. The average molecular weight is 407 g/mol. The lowest BCUT2D eigenvalue weighted by Crippen LogP contribution is -2.46. The molecule has 1 aliphatic heterocycles. The molecule has 1 aliphatic rings. The average Bonchev–Trinajstić information content (AvgIpc) is 2.67. The standard InChI is InChI=1S/C22H19BrN2O/c1-26-20-13-11-19(12-14-20)25-21(16-7-9-17(23)10-8-16)15-22(25)24-18-5-3-2-4-6-18/h2-14,21H,15H2,1H3/b24-22+. The third-order valence-electron chi connectivity index (χ3n) is 4.59. The van der Waals surface area contributed by atoms with Gasteiger partial charge in [0.05, 0.1) is 18.8 Å². The Hall–Kier alpha value is -2.59. The van der Waals surface area contributed by atoms with Crippen LogP contribution >= 0.6 is 15.9 Å². The summed E-state index contributed by atoms with van der Waals surface area (Å²) in [5.41, 5.74) is 3.39. The number of hydrogen-bond donors (Lipinski definition) is 0. The fourth-order valence-electron chi connectivity index (χ4n) is 3.20. The van der Waals surface area contributed by atoms with Gasteiger partial charge in [0.25, 0.3) is 0 Å². The Morgan fingerprint density at radius 1 is 0.923 bits per heavy atom. The van der Waals surface area contributed by atoms with E-state index in [9.17, 15) is 0 Å². The molecule has 1 heterocycles. The Labute approximate surface area is 162 Å². The molecule has 4 rings (SSSR count). The summed E-state index contributed by atoms with van der Waals surface area (Å²) in [5.74, 6) is 1.94. The number of ether oxygens (including phenoxy) is 1. The maximum absolute atomic E-state index is 5.29. The van der Waals surface area contributed by atoms with Gasteiger partial charge in [-0.2, -0.15) is 0 Å². The Bertz CT molecular complexity index is 905. The van der Waals surface area contributed by atoms with Gasteiger partial charge in [0, 0.05) is 16.6 Å². The van der Waals surface area contributed by atoms with E-state index in [-0.39, 0.29) is 0 Å². The van der Waals surface area contributed by atoms with Crippen LogP contribution in [-0.2, 0) is 0 Å². The molecule has 0 spiro atoms. The van der Waals surface area contributed by atoms with Crippen LogP contribution in [0.25, 0.3) is 0 Å². The molecule has 3 aromatic carbocycles. The lowest BCUT2D eigenvalue weighted by Gasteiger charge is -2.44. The molecule has 1 unspecified atom stereocenters. The normalized spacial score (nSPS) is 17.8. The van der Waals surface area contributed by atoms with E-state index in [0.29, 0.717) is 6.04 Å². The van der Waals surface area contributed by atoms with E-state index in [0.717, 1.165) is 33.9 Å². The predicted molar refractivity (Wildman–Crippen MR) is 111 cm³/mol. The molecule has 1 fully saturated rings. The van der Waals surface area contributed by atoms with Gasteiger partial charge in [-0.15, -0.1) is 0 Å². The summed E-state index contributed by atoms with van der Waals surface area (Å²) in [6.45, 7) is 0. The van der Waals surface area contributed by atoms with Crippen molar-refractivity contribution in [2.75, 3.05) is 12.0 Å². The van der Waals surface area contributed by atoms with Crippen molar-refractivity contribution in [3.05, 3.63) is 88.9 Å². The molecule has 4 heteroatoms. The minimum absolute atomic E-state index is 0.291. The SMILES string of the molecule is COc1ccc(N2/C(=N/c3ccccc3)CC2c2ccc(Br)cc2)cc1. The molecule has 1 atom stereocenters. The highest BCUT2D eigenvalue weighted by Gasteiger charge is 2.36. The molecule has 26 heavy (non-hydrogen) atoms. The molecule has 0 aromatic heterocycles. The van der Waals surface area contributed by atoms with Crippen LogP contribution in [-0.4, -0.2) is 12.9 Å². The zero-order valence-electron chi connectivity index (χ0n) is 14.5. The van der Waals surface area contributed by atoms with Crippen LogP contribution in [0, 0.1) is 0 Å². The summed E-state index contributed by atoms with van der Waals surface area (Å²) in [7, 11) is 1.69. The van der Waals surface area contributed by atoms with E-state index in [4.69, 9.17) is 9.73 Å². The van der Waals surface area contributed by atoms with E-state index in [1.807, 2.05) is 42.5 Å². The molecule has 3 nitrogen and oxygen atoms in total. The van der Waals surface area contributed by atoms with Gasteiger partial charge < -0.3 is 9.64 Å². The Morgan fingerprint density at radius 3 is 2.27 bits per heavy atom. The first-order chi connectivity index (χ1) is 12.7. The Kier molecular flexibility index (Phi) is 4.76. The molecular formula is C22H19BrN2O. The van der Waals surface area contributed by atoms with Crippen molar-refractivity contribution >= 4 is 33.1 Å². The van der Waals surface area contributed by atoms with Crippen molar-refractivity contribution in [2.24, 2.45) is 4.99 Å². The molecule has 3 aromatic rings. The van der Waals surface area contributed by atoms with Crippen LogP contribution in [0.2, 0.25) is 0 Å². The quantitative estimate of drug-likeness (QED) is 0.519. The van der Waals surface area contributed by atoms with E-state index in [1.54, 1.807) is 7.11 Å². The number of nitrogens with zero attached hydrogens (tertiary/aromatic N) is 2. The number of amidine groups is 1. The van der Waals surface area contributed by atoms with Crippen LogP contribution in [0.4, 0.5) is 11.4 Å². The van der Waals surface area contributed by atoms with Crippen LogP contribution in [0.1, 0.15) is 18.0 Å². The minimum atomic E-state index is 0.291. The second-order valence-electron chi connectivity index (χ2n) is 6.20. The highest BCUT2D eigenvalue weighted by molar-refractivity contribution is 9.10. The van der Waals surface area contributed by atoms with Crippen molar-refractivity contribution < 1.29 is 4.74 Å². The van der Waals surface area contributed by atoms with Crippen molar-refractivity contribution in [1.29, 1.82) is 0 Å². The third-order valence-corrected chi connectivity index (χ3v) is 5.11. The number of aliphatic imine (C=N–C) groups is 1. The van der Waals surface area contributed by atoms with Crippen molar-refractivity contribution in [3.8, 4) is 5.75 Å². The lowest BCUT2D eigenvalue weighted by atomic mass is 9.92. The molecule has 0 aliphatic carbocycles. The summed E-state index contributed by atoms with van der Waals surface area (Å²) < 4.78 is 6.39. The highest BCUT2D eigenvalue weighted by atomic mass is 79.9. The van der Waals surface area contributed by atoms with Crippen LogP contribution in [0.15, 0.2) is 88.3 Å². The van der Waals surface area contributed by atoms with Crippen LogP contribution < -0.4 is 9.64 Å². The predicted octanol–water partition coefficient (Wildman–Crippen LogP) is 6.14. The molecule has 0 bridgehead atoms. The molecule has 0 radical (unpaired) electrons. The van der Waals surface area contributed by atoms with Crippen molar-refractivity contribution in [2.45, 2.75) is 12.5 Å². The zero-order chi connectivity index (χ0) is 17.9. The van der Waals surface area contributed by atoms with Gasteiger partial charge in [0.15, 0.2) is 0 Å². The smallest absolute Gasteiger partial charge is 0.119 e. The highest BCUT2D eigenvalue weighted by Crippen LogP contribution is 2.41. The van der Waals surface area contributed by atoms with E-state index >= 15 is 0 Å². The number of methoxy groups -OCH3 is 1. The van der Waals surface area contributed by atoms with Gasteiger partial charge in [-0.25, -0.2) is 4.99 Å². The molecule has 0 N–H and O–H groups in total. The molecule has 0 saturated carbocycles. The van der Waals surface area contributed by atoms with Gasteiger partial charge in [0.1, 0.15) is 11.6 Å². The van der Waals surface area contributed by atoms with Gasteiger partial charge in [-0.05, 0) is 54.1 Å². The summed E-state index contributed by atoms with van der Waals surface area (Å²) in [6.07, 6.45) is 0.919. The van der Waals surface area contributed by atoms with Crippen molar-refractivity contribution in [3.63, 3.8) is 0 Å². The lowest BCUT2D eigenvalue weighted by molar-refractivity contribution is 0.415. The van der Waals surface area contributed by atoms with Gasteiger partial charge in [-0.3, -0.25) is 0 Å². The Balaban J connectivity index is 1.69. The molecule has 1 saturated heterocycles. The third kappa shape index (κ3) is 3.37. The van der Waals surface area contributed by atoms with Crippen LogP contribution in [0.3, 0.4) is 0 Å². The second-order valence-corrected chi connectivity index (χ2v) is 7.12. The van der Waals surface area contributed by atoms with E-state index in [1.165, 1.54) is 5.56 Å².